The fraction of sp³-hybridized carbons (Fsp3) is 0. The Morgan fingerprint density at radius 1 is 0.214 bits per heavy atom. The second-order valence-corrected chi connectivity index (χ2v) is 10.8. The van der Waals surface area contributed by atoms with Crippen molar-refractivity contribution in [3.05, 3.63) is 170 Å². The summed E-state index contributed by atoms with van der Waals surface area (Å²) in [6.45, 7) is 0. The highest BCUT2D eigenvalue weighted by Gasteiger charge is 2.25. The van der Waals surface area contributed by atoms with Gasteiger partial charge >= 0.3 is 0 Å². The Balaban J connectivity index is 1.69. The third-order valence-corrected chi connectivity index (χ3v) is 8.46. The van der Waals surface area contributed by atoms with Gasteiger partial charge in [-0.05, 0) is 76.8 Å². The highest BCUT2D eigenvalue weighted by Crippen LogP contribution is 2.52. The SMILES string of the molecule is c1ccc(-c2c(-c3cccc4ccccc34)c(-c3cccc4ccccc34)c(-c3ccccc3)c3ccccc23)cc1. The number of rotatable bonds is 4. The van der Waals surface area contributed by atoms with Gasteiger partial charge in [0, 0.05) is 0 Å². The lowest BCUT2D eigenvalue weighted by atomic mass is 9.77. The topological polar surface area (TPSA) is 0 Å². The molecule has 0 aliphatic heterocycles. The normalized spacial score (nSPS) is 11.3. The first-order valence-electron chi connectivity index (χ1n) is 14.5. The lowest BCUT2D eigenvalue weighted by molar-refractivity contribution is 1.59. The van der Waals surface area contributed by atoms with Crippen molar-refractivity contribution < 1.29 is 0 Å². The number of fused-ring (bicyclic) bond motifs is 3. The van der Waals surface area contributed by atoms with Crippen molar-refractivity contribution in [1.82, 2.24) is 0 Å². The first kappa shape index (κ1) is 24.3. The van der Waals surface area contributed by atoms with Crippen molar-refractivity contribution in [2.45, 2.75) is 0 Å². The van der Waals surface area contributed by atoms with Gasteiger partial charge in [0.2, 0.25) is 0 Å². The van der Waals surface area contributed by atoms with E-state index in [1.165, 1.54) is 76.8 Å². The van der Waals surface area contributed by atoms with Gasteiger partial charge in [-0.15, -0.1) is 0 Å². The first-order valence-corrected chi connectivity index (χ1v) is 14.5. The van der Waals surface area contributed by atoms with Crippen LogP contribution in [0.25, 0.3) is 76.8 Å². The second-order valence-electron chi connectivity index (χ2n) is 10.8. The van der Waals surface area contributed by atoms with Crippen molar-refractivity contribution in [2.24, 2.45) is 0 Å². The zero-order valence-electron chi connectivity index (χ0n) is 23.2. The van der Waals surface area contributed by atoms with Gasteiger partial charge in [0.25, 0.3) is 0 Å². The Morgan fingerprint density at radius 3 is 0.976 bits per heavy atom. The molecule has 0 heterocycles. The monoisotopic (exact) mass is 532 g/mol. The van der Waals surface area contributed by atoms with Crippen LogP contribution in [-0.2, 0) is 0 Å². The summed E-state index contributed by atoms with van der Waals surface area (Å²) in [4.78, 5) is 0. The smallest absolute Gasteiger partial charge is 0.000764 e. The maximum atomic E-state index is 2.31. The van der Waals surface area contributed by atoms with Crippen LogP contribution in [0.2, 0.25) is 0 Å². The van der Waals surface area contributed by atoms with Gasteiger partial charge in [-0.3, -0.25) is 0 Å². The number of hydrogen-bond acceptors (Lipinski definition) is 0. The van der Waals surface area contributed by atoms with Crippen LogP contribution in [0.1, 0.15) is 0 Å². The molecule has 0 atom stereocenters. The summed E-state index contributed by atoms with van der Waals surface area (Å²) in [5.41, 5.74) is 10.0. The van der Waals surface area contributed by atoms with Crippen LogP contribution in [0.4, 0.5) is 0 Å². The van der Waals surface area contributed by atoms with Crippen LogP contribution >= 0.6 is 0 Å². The van der Waals surface area contributed by atoms with Crippen LogP contribution < -0.4 is 0 Å². The lowest BCUT2D eigenvalue weighted by Crippen LogP contribution is -1.98. The van der Waals surface area contributed by atoms with Crippen molar-refractivity contribution in [3.63, 3.8) is 0 Å². The molecule has 0 saturated heterocycles. The minimum absolute atomic E-state index is 1.22. The van der Waals surface area contributed by atoms with Crippen LogP contribution in [0.5, 0.6) is 0 Å². The predicted octanol–water partition coefficient (Wildman–Crippen LogP) is 11.8. The molecule has 0 spiro atoms. The minimum Gasteiger partial charge on any atom is -0.0622 e. The summed E-state index contributed by atoms with van der Waals surface area (Å²) < 4.78 is 0. The first-order chi connectivity index (χ1) is 20.9. The average Bonchev–Trinajstić information content (AvgIpc) is 3.07. The van der Waals surface area contributed by atoms with Gasteiger partial charge < -0.3 is 0 Å². The standard InChI is InChI=1S/C42H28/c1-3-17-31(18-4-1)39-37-25-11-12-26-38(37)40(32-19-5-2-6-20-32)42(36-28-14-22-30-16-8-10-24-34(30)36)41(39)35-27-13-21-29-15-7-9-23-33(29)35/h1-28H. The van der Waals surface area contributed by atoms with Crippen LogP contribution in [0, 0.1) is 0 Å². The van der Waals surface area contributed by atoms with Crippen LogP contribution in [0.15, 0.2) is 170 Å². The third kappa shape index (κ3) is 3.92. The molecule has 0 aromatic heterocycles. The molecule has 8 aromatic rings. The quantitative estimate of drug-likeness (QED) is 0.211. The van der Waals surface area contributed by atoms with Gasteiger partial charge in [-0.2, -0.15) is 0 Å². The summed E-state index contributed by atoms with van der Waals surface area (Å²) in [5, 5.41) is 7.52. The molecule has 0 nitrogen and oxygen atoms in total. The zero-order valence-corrected chi connectivity index (χ0v) is 23.2. The molecule has 0 saturated carbocycles. The Bertz CT molecular complexity index is 2050. The predicted molar refractivity (Wildman–Crippen MR) is 181 cm³/mol. The van der Waals surface area contributed by atoms with E-state index in [0.29, 0.717) is 0 Å². The maximum Gasteiger partial charge on any atom is -0.000764 e. The molecule has 8 aromatic carbocycles. The summed E-state index contributed by atoms with van der Waals surface area (Å²) in [6.07, 6.45) is 0. The summed E-state index contributed by atoms with van der Waals surface area (Å²) >= 11 is 0. The molecule has 8 rings (SSSR count). The maximum absolute atomic E-state index is 2.31. The molecular formula is C42H28. The Kier molecular flexibility index (Phi) is 5.90. The molecule has 0 aliphatic carbocycles. The fourth-order valence-corrected chi connectivity index (χ4v) is 6.67. The van der Waals surface area contributed by atoms with Crippen molar-refractivity contribution >= 4 is 32.3 Å². The van der Waals surface area contributed by atoms with Gasteiger partial charge in [-0.1, -0.05) is 170 Å². The van der Waals surface area contributed by atoms with E-state index in [4.69, 9.17) is 0 Å². The van der Waals surface area contributed by atoms with E-state index in [2.05, 4.69) is 170 Å². The van der Waals surface area contributed by atoms with Gasteiger partial charge in [0.05, 0.1) is 0 Å². The van der Waals surface area contributed by atoms with E-state index in [0.717, 1.165) is 0 Å². The molecule has 0 unspecified atom stereocenters. The van der Waals surface area contributed by atoms with E-state index in [9.17, 15) is 0 Å². The lowest BCUT2D eigenvalue weighted by Gasteiger charge is -2.25. The minimum atomic E-state index is 1.22. The molecular weight excluding hydrogens is 504 g/mol. The van der Waals surface area contributed by atoms with Gasteiger partial charge in [-0.25, -0.2) is 0 Å². The number of benzene rings is 8. The Labute approximate surface area is 246 Å². The zero-order chi connectivity index (χ0) is 27.9. The summed E-state index contributed by atoms with van der Waals surface area (Å²) in [6, 6.07) is 61.8. The van der Waals surface area contributed by atoms with Gasteiger partial charge in [0.15, 0.2) is 0 Å². The Hall–Kier alpha value is -5.46. The molecule has 0 N–H and O–H groups in total. The van der Waals surface area contributed by atoms with E-state index < -0.39 is 0 Å². The fourth-order valence-electron chi connectivity index (χ4n) is 6.67. The Morgan fingerprint density at radius 2 is 0.548 bits per heavy atom. The highest BCUT2D eigenvalue weighted by molar-refractivity contribution is 6.22. The summed E-state index contributed by atoms with van der Waals surface area (Å²) in [7, 11) is 0. The third-order valence-electron chi connectivity index (χ3n) is 8.46. The number of hydrogen-bond donors (Lipinski definition) is 0. The van der Waals surface area contributed by atoms with Crippen molar-refractivity contribution in [1.29, 1.82) is 0 Å². The molecule has 0 fully saturated rings. The average molecular weight is 533 g/mol. The van der Waals surface area contributed by atoms with Crippen molar-refractivity contribution in [2.75, 3.05) is 0 Å². The molecule has 0 bridgehead atoms. The molecule has 0 radical (unpaired) electrons. The van der Waals surface area contributed by atoms with E-state index >= 15 is 0 Å². The van der Waals surface area contributed by atoms with E-state index in [-0.39, 0.29) is 0 Å². The van der Waals surface area contributed by atoms with Crippen LogP contribution in [-0.4, -0.2) is 0 Å². The molecule has 0 amide bonds. The largest absolute Gasteiger partial charge is 0.0622 e. The second kappa shape index (κ2) is 10.2. The van der Waals surface area contributed by atoms with Gasteiger partial charge in [0.1, 0.15) is 0 Å². The van der Waals surface area contributed by atoms with E-state index in [1.54, 1.807) is 0 Å². The molecule has 0 heteroatoms. The molecule has 42 heavy (non-hydrogen) atoms. The molecule has 0 aliphatic rings. The van der Waals surface area contributed by atoms with Crippen LogP contribution in [0.3, 0.4) is 0 Å². The van der Waals surface area contributed by atoms with E-state index in [1.807, 2.05) is 0 Å². The highest BCUT2D eigenvalue weighted by atomic mass is 14.3. The molecule has 196 valence electrons. The van der Waals surface area contributed by atoms with Crippen molar-refractivity contribution in [3.8, 4) is 44.5 Å². The summed E-state index contributed by atoms with van der Waals surface area (Å²) in [5.74, 6) is 0.